The maximum Gasteiger partial charge on any atom is 0.186 e. The van der Waals surface area contributed by atoms with Gasteiger partial charge < -0.3 is 24.4 Å². The molecule has 2 N–H and O–H groups in total. The van der Waals surface area contributed by atoms with Crippen LogP contribution in [-0.2, 0) is 14.2 Å². The molecule has 0 aromatic heterocycles. The molecule has 0 unspecified atom stereocenters. The van der Waals surface area contributed by atoms with Crippen molar-refractivity contribution in [2.24, 2.45) is 0 Å². The van der Waals surface area contributed by atoms with Gasteiger partial charge in [0.1, 0.15) is 18.3 Å². The van der Waals surface area contributed by atoms with Crippen LogP contribution in [0.25, 0.3) is 0 Å². The van der Waals surface area contributed by atoms with E-state index in [-0.39, 0.29) is 6.61 Å². The molecule has 0 aromatic rings. The average Bonchev–Trinajstić information content (AvgIpc) is 2.22. The fourth-order valence-corrected chi connectivity index (χ4v) is 1.58. The predicted molar refractivity (Wildman–Crippen MR) is 53.3 cm³/mol. The van der Waals surface area contributed by atoms with Crippen LogP contribution in [0.4, 0.5) is 0 Å². The molecule has 5 nitrogen and oxygen atoms in total. The molecule has 0 amide bonds. The van der Waals surface area contributed by atoms with Gasteiger partial charge >= 0.3 is 0 Å². The van der Waals surface area contributed by atoms with E-state index < -0.39 is 30.7 Å². The maximum absolute atomic E-state index is 9.77. The number of aliphatic hydroxyl groups excluding tert-OH is 2. The zero-order valence-electron chi connectivity index (χ0n) is 9.00. The Hall–Kier alpha value is -0.460. The smallest absolute Gasteiger partial charge is 0.186 e. The van der Waals surface area contributed by atoms with E-state index in [1.807, 2.05) is 0 Å². The van der Waals surface area contributed by atoms with Gasteiger partial charge in [0, 0.05) is 7.11 Å². The highest BCUT2D eigenvalue weighted by atomic mass is 16.7. The molecule has 0 bridgehead atoms. The number of hydrogen-bond donors (Lipinski definition) is 2. The quantitative estimate of drug-likeness (QED) is 0.632. The summed E-state index contributed by atoms with van der Waals surface area (Å²) in [5.74, 6) is 0. The van der Waals surface area contributed by atoms with Gasteiger partial charge in [-0.2, -0.15) is 0 Å². The first-order valence-corrected chi connectivity index (χ1v) is 4.88. The number of ether oxygens (including phenoxy) is 3. The third-order valence-electron chi connectivity index (χ3n) is 2.43. The van der Waals surface area contributed by atoms with Crippen molar-refractivity contribution in [3.05, 3.63) is 12.7 Å². The molecule has 1 saturated heterocycles. The van der Waals surface area contributed by atoms with Crippen molar-refractivity contribution in [1.82, 2.24) is 0 Å². The molecule has 5 atom stereocenters. The largest absolute Gasteiger partial charge is 0.388 e. The van der Waals surface area contributed by atoms with Crippen molar-refractivity contribution < 1.29 is 24.4 Å². The van der Waals surface area contributed by atoms with Crippen molar-refractivity contribution in [1.29, 1.82) is 0 Å². The first-order chi connectivity index (χ1) is 7.11. The van der Waals surface area contributed by atoms with E-state index >= 15 is 0 Å². The molecule has 5 heteroatoms. The Morgan fingerprint density at radius 1 is 1.40 bits per heavy atom. The molecular weight excluding hydrogens is 200 g/mol. The summed E-state index contributed by atoms with van der Waals surface area (Å²) in [5, 5.41) is 19.4. The van der Waals surface area contributed by atoms with Gasteiger partial charge in [0.25, 0.3) is 0 Å². The van der Waals surface area contributed by atoms with Gasteiger partial charge in [-0.25, -0.2) is 0 Å². The summed E-state index contributed by atoms with van der Waals surface area (Å²) in [6.07, 6.45) is -2.20. The lowest BCUT2D eigenvalue weighted by atomic mass is 10.00. The van der Waals surface area contributed by atoms with Crippen molar-refractivity contribution in [3.63, 3.8) is 0 Å². The zero-order valence-corrected chi connectivity index (χ0v) is 9.00. The highest BCUT2D eigenvalue weighted by Crippen LogP contribution is 2.23. The normalized spacial score (nSPS) is 41.5. The molecule has 15 heavy (non-hydrogen) atoms. The third kappa shape index (κ3) is 2.76. The summed E-state index contributed by atoms with van der Waals surface area (Å²) in [7, 11) is 1.43. The fraction of sp³-hybridized carbons (Fsp3) is 0.800. The van der Waals surface area contributed by atoms with Crippen molar-refractivity contribution in [2.75, 3.05) is 13.7 Å². The molecular formula is C10H18O5. The molecule has 1 fully saturated rings. The third-order valence-corrected chi connectivity index (χ3v) is 2.43. The number of aliphatic hydroxyl groups is 2. The lowest BCUT2D eigenvalue weighted by Crippen LogP contribution is -2.58. The van der Waals surface area contributed by atoms with Gasteiger partial charge in [-0.1, -0.05) is 6.08 Å². The van der Waals surface area contributed by atoms with E-state index in [0.29, 0.717) is 0 Å². The zero-order chi connectivity index (χ0) is 11.4. The molecule has 1 heterocycles. The Kier molecular flexibility index (Phi) is 4.69. The molecule has 0 saturated carbocycles. The van der Waals surface area contributed by atoms with Crippen LogP contribution in [0, 0.1) is 0 Å². The van der Waals surface area contributed by atoms with E-state index in [1.54, 1.807) is 13.0 Å². The standard InChI is InChI=1S/C10H18O5/c1-4-5-14-10-8(12)9(13-3)7(11)6(2)15-10/h4,6-12H,1,5H2,2-3H3/t6-,7+,8-,9+,10+/m0/s1. The second-order valence-corrected chi connectivity index (χ2v) is 3.51. The molecule has 1 aliphatic rings. The van der Waals surface area contributed by atoms with E-state index in [4.69, 9.17) is 14.2 Å². The molecule has 1 aliphatic heterocycles. The van der Waals surface area contributed by atoms with Crippen molar-refractivity contribution in [2.45, 2.75) is 37.6 Å². The lowest BCUT2D eigenvalue weighted by Gasteiger charge is -2.40. The number of methoxy groups -OCH3 is 1. The Bertz CT molecular complexity index is 208. The molecule has 0 spiro atoms. The lowest BCUT2D eigenvalue weighted by molar-refractivity contribution is -0.294. The minimum atomic E-state index is -0.999. The summed E-state index contributed by atoms with van der Waals surface area (Å²) in [6, 6.07) is 0. The topological polar surface area (TPSA) is 68.2 Å². The van der Waals surface area contributed by atoms with Crippen LogP contribution in [0.5, 0.6) is 0 Å². The first kappa shape index (κ1) is 12.6. The minimum absolute atomic E-state index is 0.279. The van der Waals surface area contributed by atoms with Crippen molar-refractivity contribution >= 4 is 0 Å². The molecule has 0 aliphatic carbocycles. The van der Waals surface area contributed by atoms with Gasteiger partial charge in [-0.3, -0.25) is 0 Å². The monoisotopic (exact) mass is 218 g/mol. The maximum atomic E-state index is 9.77. The van der Waals surface area contributed by atoms with E-state index in [1.165, 1.54) is 7.11 Å². The predicted octanol–water partition coefficient (Wildman–Crippen LogP) is -0.329. The Balaban J connectivity index is 2.62. The van der Waals surface area contributed by atoms with Crippen LogP contribution < -0.4 is 0 Å². The molecule has 0 radical (unpaired) electrons. The van der Waals surface area contributed by atoms with Gasteiger partial charge in [0.15, 0.2) is 6.29 Å². The fourth-order valence-electron chi connectivity index (χ4n) is 1.58. The Morgan fingerprint density at radius 3 is 2.60 bits per heavy atom. The van der Waals surface area contributed by atoms with Gasteiger partial charge in [-0.05, 0) is 6.92 Å². The van der Waals surface area contributed by atoms with Crippen LogP contribution in [0.3, 0.4) is 0 Å². The van der Waals surface area contributed by atoms with E-state index in [2.05, 4.69) is 6.58 Å². The van der Waals surface area contributed by atoms with Crippen molar-refractivity contribution in [3.8, 4) is 0 Å². The average molecular weight is 218 g/mol. The highest BCUT2D eigenvalue weighted by molar-refractivity contribution is 4.88. The van der Waals surface area contributed by atoms with Crippen LogP contribution in [-0.4, -0.2) is 54.6 Å². The van der Waals surface area contributed by atoms with Gasteiger partial charge in [0.2, 0.25) is 0 Å². The van der Waals surface area contributed by atoms with Crippen LogP contribution in [0.15, 0.2) is 12.7 Å². The highest BCUT2D eigenvalue weighted by Gasteiger charge is 2.43. The number of hydrogen-bond acceptors (Lipinski definition) is 5. The second-order valence-electron chi connectivity index (χ2n) is 3.51. The summed E-state index contributed by atoms with van der Waals surface area (Å²) in [4.78, 5) is 0. The minimum Gasteiger partial charge on any atom is -0.388 e. The SMILES string of the molecule is C=CCO[C@@H]1O[C@@H](C)[C@@H](O)[C@@H](OC)[C@@H]1O. The Labute approximate surface area is 89.3 Å². The summed E-state index contributed by atoms with van der Waals surface area (Å²) < 4.78 is 15.5. The van der Waals surface area contributed by atoms with Gasteiger partial charge in [-0.15, -0.1) is 6.58 Å². The molecule has 0 aromatic carbocycles. The van der Waals surface area contributed by atoms with Crippen LogP contribution in [0.1, 0.15) is 6.92 Å². The molecule has 1 rings (SSSR count). The van der Waals surface area contributed by atoms with Gasteiger partial charge in [0.05, 0.1) is 12.7 Å². The van der Waals surface area contributed by atoms with Crippen LogP contribution in [0.2, 0.25) is 0 Å². The molecule has 88 valence electrons. The Morgan fingerprint density at radius 2 is 2.07 bits per heavy atom. The van der Waals surface area contributed by atoms with E-state index in [0.717, 1.165) is 0 Å². The summed E-state index contributed by atoms with van der Waals surface area (Å²) in [6.45, 7) is 5.48. The summed E-state index contributed by atoms with van der Waals surface area (Å²) in [5.41, 5.74) is 0. The number of rotatable bonds is 4. The van der Waals surface area contributed by atoms with E-state index in [9.17, 15) is 10.2 Å². The second kappa shape index (κ2) is 5.58. The van der Waals surface area contributed by atoms with Crippen LogP contribution >= 0.6 is 0 Å². The summed E-state index contributed by atoms with van der Waals surface area (Å²) >= 11 is 0. The first-order valence-electron chi connectivity index (χ1n) is 4.88.